The van der Waals surface area contributed by atoms with Crippen molar-refractivity contribution >= 4 is 17.5 Å². The highest BCUT2D eigenvalue weighted by molar-refractivity contribution is 5.85. The number of hydrogen-bond acceptors (Lipinski definition) is 4. The van der Waals surface area contributed by atoms with Gasteiger partial charge < -0.3 is 15.1 Å². The molecule has 0 spiro atoms. The first-order chi connectivity index (χ1) is 13.5. The van der Waals surface area contributed by atoms with Crippen molar-refractivity contribution in [2.75, 3.05) is 37.6 Å². The van der Waals surface area contributed by atoms with Gasteiger partial charge in [-0.2, -0.15) is 5.10 Å². The zero-order chi connectivity index (χ0) is 20.1. The molecular formula is C21H29N5O2. The third-order valence-corrected chi connectivity index (χ3v) is 5.45. The van der Waals surface area contributed by atoms with Crippen LogP contribution in [0.3, 0.4) is 0 Å². The summed E-state index contributed by atoms with van der Waals surface area (Å²) >= 11 is 0. The van der Waals surface area contributed by atoms with Crippen molar-refractivity contribution in [1.82, 2.24) is 20.0 Å². The van der Waals surface area contributed by atoms with E-state index in [4.69, 9.17) is 0 Å². The number of carbonyl (C=O) groups excluding carboxylic acids is 2. The fraction of sp³-hybridized carbons (Fsp3) is 0.476. The lowest BCUT2D eigenvalue weighted by atomic mass is 10.1. The van der Waals surface area contributed by atoms with Crippen LogP contribution in [0.2, 0.25) is 0 Å². The highest BCUT2D eigenvalue weighted by Crippen LogP contribution is 2.16. The molecule has 0 radical (unpaired) electrons. The van der Waals surface area contributed by atoms with E-state index < -0.39 is 0 Å². The van der Waals surface area contributed by atoms with Gasteiger partial charge in [-0.05, 0) is 38.0 Å². The molecule has 3 rings (SSSR count). The third-order valence-electron chi connectivity index (χ3n) is 5.45. The maximum absolute atomic E-state index is 12.4. The summed E-state index contributed by atoms with van der Waals surface area (Å²) in [5.41, 5.74) is 4.34. The molecular weight excluding hydrogens is 354 g/mol. The van der Waals surface area contributed by atoms with Crippen LogP contribution in [0.1, 0.15) is 23.4 Å². The van der Waals surface area contributed by atoms with Gasteiger partial charge in [0.2, 0.25) is 11.8 Å². The number of nitrogens with zero attached hydrogens (tertiary/aromatic N) is 4. The molecule has 0 aliphatic carbocycles. The van der Waals surface area contributed by atoms with Gasteiger partial charge in [-0.1, -0.05) is 18.2 Å². The number of rotatable bonds is 6. The maximum atomic E-state index is 12.4. The molecule has 1 N–H and O–H groups in total. The number of aromatic nitrogens is 2. The Labute approximate surface area is 166 Å². The molecule has 0 bridgehead atoms. The molecule has 1 aliphatic rings. The van der Waals surface area contributed by atoms with Crippen LogP contribution >= 0.6 is 0 Å². The Bertz CT molecular complexity index is 823. The topological polar surface area (TPSA) is 70.5 Å². The van der Waals surface area contributed by atoms with Crippen LogP contribution in [0, 0.1) is 13.8 Å². The van der Waals surface area contributed by atoms with Crippen molar-refractivity contribution in [3.63, 3.8) is 0 Å². The van der Waals surface area contributed by atoms with Gasteiger partial charge in [0.25, 0.3) is 0 Å². The van der Waals surface area contributed by atoms with E-state index >= 15 is 0 Å². The molecule has 1 aliphatic heterocycles. The summed E-state index contributed by atoms with van der Waals surface area (Å²) in [4.78, 5) is 28.7. The van der Waals surface area contributed by atoms with Gasteiger partial charge in [0.05, 0.1) is 12.2 Å². The first kappa shape index (κ1) is 19.9. The van der Waals surface area contributed by atoms with Crippen molar-refractivity contribution in [3.05, 3.63) is 47.3 Å². The van der Waals surface area contributed by atoms with Crippen molar-refractivity contribution < 1.29 is 9.59 Å². The van der Waals surface area contributed by atoms with Crippen molar-refractivity contribution in [1.29, 1.82) is 0 Å². The van der Waals surface area contributed by atoms with Crippen LogP contribution in [0.5, 0.6) is 0 Å². The number of piperazine rings is 1. The van der Waals surface area contributed by atoms with Gasteiger partial charge in [0, 0.05) is 51.0 Å². The minimum atomic E-state index is -0.0982. The van der Waals surface area contributed by atoms with Gasteiger partial charge >= 0.3 is 0 Å². The summed E-state index contributed by atoms with van der Waals surface area (Å²) in [5.74, 6) is -0.117. The molecule has 0 unspecified atom stereocenters. The summed E-state index contributed by atoms with van der Waals surface area (Å²) in [6, 6.07) is 10.2. The summed E-state index contributed by atoms with van der Waals surface area (Å²) in [6.45, 7) is 7.00. The lowest BCUT2D eigenvalue weighted by Gasteiger charge is -2.36. The lowest BCUT2D eigenvalue weighted by Crippen LogP contribution is -2.51. The summed E-state index contributed by atoms with van der Waals surface area (Å²) in [7, 11) is 1.90. The van der Waals surface area contributed by atoms with Gasteiger partial charge in [-0.15, -0.1) is 0 Å². The quantitative estimate of drug-likeness (QED) is 0.819. The summed E-state index contributed by atoms with van der Waals surface area (Å²) in [6.07, 6.45) is 1.00. The smallest absolute Gasteiger partial charge is 0.242 e. The minimum Gasteiger partial charge on any atom is -0.368 e. The van der Waals surface area contributed by atoms with Gasteiger partial charge in [0.15, 0.2) is 0 Å². The van der Waals surface area contributed by atoms with Gasteiger partial charge in [-0.25, -0.2) is 0 Å². The molecule has 1 aromatic heterocycles. The monoisotopic (exact) mass is 383 g/mol. The normalized spacial score (nSPS) is 14.2. The van der Waals surface area contributed by atoms with Gasteiger partial charge in [-0.3, -0.25) is 14.3 Å². The largest absolute Gasteiger partial charge is 0.368 e. The van der Waals surface area contributed by atoms with Crippen LogP contribution in [0.15, 0.2) is 30.3 Å². The van der Waals surface area contributed by atoms with Crippen LogP contribution in [0.25, 0.3) is 0 Å². The number of hydrogen-bond donors (Lipinski definition) is 1. The average molecular weight is 383 g/mol. The highest BCUT2D eigenvalue weighted by atomic mass is 16.2. The molecule has 0 saturated carbocycles. The van der Waals surface area contributed by atoms with Crippen molar-refractivity contribution in [2.24, 2.45) is 7.05 Å². The molecule has 2 aromatic rings. The van der Waals surface area contributed by atoms with E-state index in [0.29, 0.717) is 25.9 Å². The van der Waals surface area contributed by atoms with Gasteiger partial charge in [0.1, 0.15) is 0 Å². The Kier molecular flexibility index (Phi) is 6.34. The molecule has 0 atom stereocenters. The van der Waals surface area contributed by atoms with Crippen LogP contribution in [-0.2, 0) is 23.1 Å². The number of amides is 2. The molecule has 150 valence electrons. The molecule has 1 fully saturated rings. The van der Waals surface area contributed by atoms with Crippen LogP contribution in [0.4, 0.5) is 5.69 Å². The third kappa shape index (κ3) is 4.71. The minimum absolute atomic E-state index is 0.0187. The van der Waals surface area contributed by atoms with Crippen molar-refractivity contribution in [2.45, 2.75) is 26.7 Å². The second kappa shape index (κ2) is 8.91. The Morgan fingerprint density at radius 2 is 1.75 bits per heavy atom. The Hall–Kier alpha value is -2.83. The first-order valence-electron chi connectivity index (χ1n) is 9.79. The molecule has 7 nitrogen and oxygen atoms in total. The second-order valence-corrected chi connectivity index (χ2v) is 7.25. The fourth-order valence-corrected chi connectivity index (χ4v) is 3.65. The zero-order valence-corrected chi connectivity index (χ0v) is 16.9. The Balaban J connectivity index is 1.40. The van der Waals surface area contributed by atoms with E-state index in [2.05, 4.69) is 27.4 Å². The number of para-hydroxylation sites is 1. The molecule has 1 saturated heterocycles. The number of nitrogens with one attached hydrogen (secondary N) is 1. The predicted molar refractivity (Wildman–Crippen MR) is 109 cm³/mol. The fourth-order valence-electron chi connectivity index (χ4n) is 3.65. The van der Waals surface area contributed by atoms with Crippen LogP contribution in [-0.4, -0.2) is 59.2 Å². The van der Waals surface area contributed by atoms with E-state index in [9.17, 15) is 9.59 Å². The number of aryl methyl sites for hydroxylation is 2. The summed E-state index contributed by atoms with van der Waals surface area (Å²) in [5, 5.41) is 7.14. The van der Waals surface area contributed by atoms with E-state index in [1.807, 2.05) is 48.7 Å². The average Bonchev–Trinajstić information content (AvgIpc) is 2.96. The SMILES string of the molecule is Cc1nn(C)c(C)c1CCC(=O)NCC(=O)N1CCN(c2ccccc2)CC1. The van der Waals surface area contributed by atoms with Crippen molar-refractivity contribution in [3.8, 4) is 0 Å². The number of benzene rings is 1. The first-order valence-corrected chi connectivity index (χ1v) is 9.79. The molecule has 7 heteroatoms. The van der Waals surface area contributed by atoms with E-state index in [1.54, 1.807) is 0 Å². The van der Waals surface area contributed by atoms with E-state index in [0.717, 1.165) is 30.0 Å². The molecule has 1 aromatic carbocycles. The molecule has 28 heavy (non-hydrogen) atoms. The Morgan fingerprint density at radius 3 is 2.36 bits per heavy atom. The second-order valence-electron chi connectivity index (χ2n) is 7.25. The molecule has 2 amide bonds. The highest BCUT2D eigenvalue weighted by Gasteiger charge is 2.21. The van der Waals surface area contributed by atoms with E-state index in [-0.39, 0.29) is 18.4 Å². The predicted octanol–water partition coefficient (Wildman–Crippen LogP) is 1.43. The molecule has 2 heterocycles. The lowest BCUT2D eigenvalue weighted by molar-refractivity contribution is -0.133. The zero-order valence-electron chi connectivity index (χ0n) is 16.9. The maximum Gasteiger partial charge on any atom is 0.242 e. The van der Waals surface area contributed by atoms with Crippen LogP contribution < -0.4 is 10.2 Å². The van der Waals surface area contributed by atoms with E-state index in [1.165, 1.54) is 5.69 Å². The standard InChI is InChI=1S/C21H29N5O2/c1-16-19(17(2)24(3)23-16)9-10-20(27)22-15-21(28)26-13-11-25(12-14-26)18-7-5-4-6-8-18/h4-8H,9-15H2,1-3H3,(H,22,27). The Morgan fingerprint density at radius 1 is 1.07 bits per heavy atom. The number of carbonyl (C=O) groups is 2. The summed E-state index contributed by atoms with van der Waals surface area (Å²) < 4.78 is 1.83. The number of anilines is 1.